The van der Waals surface area contributed by atoms with Crippen LogP contribution in [-0.2, 0) is 27.5 Å². The van der Waals surface area contributed by atoms with Crippen LogP contribution in [0.2, 0.25) is 0 Å². The molecule has 0 radical (unpaired) electrons. The van der Waals surface area contributed by atoms with Gasteiger partial charge in [-0.1, -0.05) is 48.5 Å². The lowest BCUT2D eigenvalue weighted by Crippen LogP contribution is -2.41. The van der Waals surface area contributed by atoms with E-state index in [1.54, 1.807) is 48.5 Å². The zero-order valence-corrected chi connectivity index (χ0v) is 26.0. The standard InChI is InChI=1S/C33H31F3N2O5S2/c1-22-8-6-7-11-27(22)29-20-23(12-17-28(29)31(39)37-30(32(40)41)18-19-44-2)21-38(25-9-4-3-5-10-25)45(42,43)26-15-13-24(14-16-26)33(34,35)36/h3-17,20,30H,18-19,21H2,1-2H3,(H,37,39)(H,40,41)/t30-/m0/s1. The van der Waals surface area contributed by atoms with Crippen LogP contribution >= 0.6 is 11.8 Å². The Hall–Kier alpha value is -4.29. The Morgan fingerprint density at radius 2 is 1.56 bits per heavy atom. The molecular weight excluding hydrogens is 626 g/mol. The Balaban J connectivity index is 1.78. The van der Waals surface area contributed by atoms with Crippen molar-refractivity contribution in [3.05, 3.63) is 119 Å². The molecule has 0 aliphatic rings. The number of thioether (sulfide) groups is 1. The van der Waals surface area contributed by atoms with Gasteiger partial charge in [0.1, 0.15) is 6.04 Å². The Labute approximate surface area is 264 Å². The number of carboxylic acids is 1. The minimum absolute atomic E-state index is 0.209. The molecule has 0 bridgehead atoms. The first-order valence-corrected chi connectivity index (χ1v) is 16.6. The average molecular weight is 657 g/mol. The normalized spacial score (nSPS) is 12.4. The first kappa shape index (κ1) is 33.6. The second-order valence-electron chi connectivity index (χ2n) is 10.2. The summed E-state index contributed by atoms with van der Waals surface area (Å²) in [7, 11) is -4.34. The molecule has 4 aromatic rings. The monoisotopic (exact) mass is 656 g/mol. The van der Waals surface area contributed by atoms with Gasteiger partial charge in [0.25, 0.3) is 15.9 Å². The fourth-order valence-corrected chi connectivity index (χ4v) is 6.66. The Morgan fingerprint density at radius 1 is 0.911 bits per heavy atom. The molecule has 1 amide bonds. The molecule has 2 N–H and O–H groups in total. The van der Waals surface area contributed by atoms with Gasteiger partial charge in [-0.3, -0.25) is 9.10 Å². The second kappa shape index (κ2) is 14.2. The van der Waals surface area contributed by atoms with Gasteiger partial charge in [-0.25, -0.2) is 13.2 Å². The molecule has 1 atom stereocenters. The van der Waals surface area contributed by atoms with Crippen LogP contribution in [0.3, 0.4) is 0 Å². The van der Waals surface area contributed by atoms with E-state index in [0.717, 1.165) is 34.1 Å². The summed E-state index contributed by atoms with van der Waals surface area (Å²) >= 11 is 1.46. The Kier molecular flexibility index (Phi) is 10.6. The van der Waals surface area contributed by atoms with E-state index in [9.17, 15) is 36.3 Å². The van der Waals surface area contributed by atoms with Crippen molar-refractivity contribution in [3.8, 4) is 11.1 Å². The Morgan fingerprint density at radius 3 is 2.16 bits per heavy atom. The maximum absolute atomic E-state index is 13.9. The average Bonchev–Trinajstić information content (AvgIpc) is 3.01. The largest absolute Gasteiger partial charge is 0.480 e. The number of alkyl halides is 3. The third-order valence-corrected chi connectivity index (χ3v) is 9.55. The molecule has 4 rings (SSSR count). The van der Waals surface area contributed by atoms with Crippen molar-refractivity contribution in [2.75, 3.05) is 16.3 Å². The van der Waals surface area contributed by atoms with Crippen molar-refractivity contribution in [1.82, 2.24) is 5.32 Å². The van der Waals surface area contributed by atoms with Gasteiger partial charge in [-0.2, -0.15) is 24.9 Å². The summed E-state index contributed by atoms with van der Waals surface area (Å²) in [6, 6.07) is 22.4. The van der Waals surface area contributed by atoms with Crippen LogP contribution in [-0.4, -0.2) is 43.5 Å². The summed E-state index contributed by atoms with van der Waals surface area (Å²) in [4.78, 5) is 25.0. The number of anilines is 1. The minimum Gasteiger partial charge on any atom is -0.480 e. The molecule has 12 heteroatoms. The number of sulfonamides is 1. The van der Waals surface area contributed by atoms with Crippen LogP contribution in [0.1, 0.15) is 33.5 Å². The lowest BCUT2D eigenvalue weighted by molar-refractivity contribution is -0.139. The van der Waals surface area contributed by atoms with Crippen LogP contribution in [0.25, 0.3) is 11.1 Å². The summed E-state index contributed by atoms with van der Waals surface area (Å²) in [5.41, 5.74) is 2.01. The summed E-state index contributed by atoms with van der Waals surface area (Å²) in [6.45, 7) is 1.65. The van der Waals surface area contributed by atoms with Crippen molar-refractivity contribution in [1.29, 1.82) is 0 Å². The lowest BCUT2D eigenvalue weighted by atomic mass is 9.93. The SMILES string of the molecule is CSCC[C@H](NC(=O)c1ccc(CN(c2ccccc2)S(=O)(=O)c2ccc(C(F)(F)F)cc2)cc1-c1ccccc1C)C(=O)O. The van der Waals surface area contributed by atoms with E-state index in [1.165, 1.54) is 17.8 Å². The first-order chi connectivity index (χ1) is 21.3. The number of aliphatic carboxylic acids is 1. The van der Waals surface area contributed by atoms with Crippen molar-refractivity contribution >= 4 is 39.3 Å². The lowest BCUT2D eigenvalue weighted by Gasteiger charge is -2.25. The van der Waals surface area contributed by atoms with Crippen molar-refractivity contribution < 1.29 is 36.3 Å². The number of para-hydroxylation sites is 1. The third-order valence-electron chi connectivity index (χ3n) is 7.12. The maximum atomic E-state index is 13.9. The van der Waals surface area contributed by atoms with Gasteiger partial charge in [0.05, 0.1) is 22.7 Å². The molecule has 0 saturated heterocycles. The number of amides is 1. The van der Waals surface area contributed by atoms with Gasteiger partial charge in [0.15, 0.2) is 0 Å². The van der Waals surface area contributed by atoms with E-state index in [1.807, 2.05) is 31.4 Å². The number of hydrogen-bond donors (Lipinski definition) is 2. The number of carbonyl (C=O) groups excluding carboxylic acids is 1. The highest BCUT2D eigenvalue weighted by Crippen LogP contribution is 2.33. The zero-order chi connectivity index (χ0) is 32.8. The van der Waals surface area contributed by atoms with Crippen LogP contribution in [0, 0.1) is 6.92 Å². The van der Waals surface area contributed by atoms with Crippen molar-refractivity contribution in [2.24, 2.45) is 0 Å². The van der Waals surface area contributed by atoms with E-state index in [0.29, 0.717) is 22.4 Å². The van der Waals surface area contributed by atoms with Gasteiger partial charge in [0, 0.05) is 5.56 Å². The number of nitrogens with one attached hydrogen (secondary N) is 1. The van der Waals surface area contributed by atoms with E-state index in [-0.39, 0.29) is 29.1 Å². The van der Waals surface area contributed by atoms with Gasteiger partial charge in [-0.15, -0.1) is 0 Å². The van der Waals surface area contributed by atoms with E-state index in [4.69, 9.17) is 0 Å². The fraction of sp³-hybridized carbons (Fsp3) is 0.212. The molecular formula is C33H31F3N2O5S2. The minimum atomic E-state index is -4.62. The number of nitrogens with zero attached hydrogens (tertiary/aromatic N) is 1. The molecule has 0 spiro atoms. The predicted octanol–water partition coefficient (Wildman–Crippen LogP) is 7.01. The second-order valence-corrected chi connectivity index (χ2v) is 13.1. The maximum Gasteiger partial charge on any atom is 0.416 e. The van der Waals surface area contributed by atoms with Crippen LogP contribution in [0.5, 0.6) is 0 Å². The highest BCUT2D eigenvalue weighted by atomic mass is 32.2. The molecule has 0 unspecified atom stereocenters. The van der Waals surface area contributed by atoms with E-state index >= 15 is 0 Å². The highest BCUT2D eigenvalue weighted by Gasteiger charge is 2.32. The molecule has 7 nitrogen and oxygen atoms in total. The number of benzene rings is 4. The summed E-state index contributed by atoms with van der Waals surface area (Å²) < 4.78 is 68.4. The molecule has 0 saturated carbocycles. The quantitative estimate of drug-likeness (QED) is 0.170. The van der Waals surface area contributed by atoms with Gasteiger partial charge in [0.2, 0.25) is 0 Å². The van der Waals surface area contributed by atoms with Crippen molar-refractivity contribution in [2.45, 2.75) is 37.0 Å². The van der Waals surface area contributed by atoms with Crippen molar-refractivity contribution in [3.63, 3.8) is 0 Å². The van der Waals surface area contributed by atoms with Gasteiger partial charge >= 0.3 is 12.1 Å². The fourth-order valence-electron chi connectivity index (χ4n) is 4.73. The summed E-state index contributed by atoms with van der Waals surface area (Å²) in [6.07, 6.45) is -2.55. The molecule has 0 aromatic heterocycles. The Bertz CT molecular complexity index is 1760. The molecule has 0 heterocycles. The number of halogens is 3. The van der Waals surface area contributed by atoms with Crippen LogP contribution in [0.4, 0.5) is 18.9 Å². The number of carbonyl (C=O) groups is 2. The molecule has 4 aromatic carbocycles. The van der Waals surface area contributed by atoms with Gasteiger partial charge in [-0.05, 0) is 96.1 Å². The van der Waals surface area contributed by atoms with E-state index in [2.05, 4.69) is 5.32 Å². The number of hydrogen-bond acceptors (Lipinski definition) is 5. The molecule has 0 aliphatic carbocycles. The summed E-state index contributed by atoms with van der Waals surface area (Å²) in [5.74, 6) is -1.21. The number of rotatable bonds is 12. The topological polar surface area (TPSA) is 104 Å². The number of carboxylic acid groups (broad SMARTS) is 1. The molecule has 236 valence electrons. The third kappa shape index (κ3) is 8.06. The smallest absolute Gasteiger partial charge is 0.416 e. The predicted molar refractivity (Wildman–Crippen MR) is 170 cm³/mol. The van der Waals surface area contributed by atoms with E-state index < -0.39 is 39.7 Å². The van der Waals surface area contributed by atoms with Gasteiger partial charge < -0.3 is 10.4 Å². The summed E-state index contributed by atoms with van der Waals surface area (Å²) in [5, 5.41) is 12.3. The zero-order valence-electron chi connectivity index (χ0n) is 24.4. The first-order valence-electron chi connectivity index (χ1n) is 13.8. The highest BCUT2D eigenvalue weighted by molar-refractivity contribution is 7.98. The molecule has 0 fully saturated rings. The number of aryl methyl sites for hydroxylation is 1. The van der Waals surface area contributed by atoms with Crippen LogP contribution in [0.15, 0.2) is 102 Å². The molecule has 0 aliphatic heterocycles. The molecule has 45 heavy (non-hydrogen) atoms. The van der Waals surface area contributed by atoms with Crippen LogP contribution < -0.4 is 9.62 Å².